The summed E-state index contributed by atoms with van der Waals surface area (Å²) in [5, 5.41) is 2.76. The van der Waals surface area contributed by atoms with E-state index in [0.717, 1.165) is 5.56 Å². The first-order valence-corrected chi connectivity index (χ1v) is 9.65. The zero-order valence-electron chi connectivity index (χ0n) is 17.4. The summed E-state index contributed by atoms with van der Waals surface area (Å²) in [6, 6.07) is 12.3. The summed E-state index contributed by atoms with van der Waals surface area (Å²) in [6.45, 7) is 6.99. The lowest BCUT2D eigenvalue weighted by Gasteiger charge is -2.18. The van der Waals surface area contributed by atoms with Gasteiger partial charge in [-0.2, -0.15) is 0 Å². The molecule has 0 aliphatic rings. The van der Waals surface area contributed by atoms with Gasteiger partial charge >= 0.3 is 0 Å². The number of carbonyl (C=O) groups excluding carboxylic acids is 2. The summed E-state index contributed by atoms with van der Waals surface area (Å²) < 4.78 is 10.9. The monoisotopic (exact) mass is 396 g/mol. The number of carbonyl (C=O) groups is 2. The molecule has 0 aliphatic carbocycles. The van der Waals surface area contributed by atoms with Crippen LogP contribution in [0.15, 0.2) is 48.5 Å². The fraction of sp³-hybridized carbons (Fsp3) is 0.304. The lowest BCUT2D eigenvalue weighted by molar-refractivity contribution is -0.118. The zero-order valence-corrected chi connectivity index (χ0v) is 17.4. The van der Waals surface area contributed by atoms with E-state index in [1.807, 2.05) is 45.1 Å². The maximum Gasteiger partial charge on any atom is 0.262 e. The Bertz CT molecular complexity index is 856. The van der Waals surface area contributed by atoms with Gasteiger partial charge in [-0.25, -0.2) is 0 Å². The van der Waals surface area contributed by atoms with Crippen molar-refractivity contribution in [3.63, 3.8) is 0 Å². The van der Waals surface area contributed by atoms with Crippen molar-refractivity contribution in [2.24, 2.45) is 0 Å². The predicted octanol–water partition coefficient (Wildman–Crippen LogP) is 4.23. The van der Waals surface area contributed by atoms with Crippen LogP contribution in [0.4, 0.5) is 5.69 Å². The van der Waals surface area contributed by atoms with Gasteiger partial charge in [0.15, 0.2) is 18.1 Å². The number of nitrogens with zero attached hydrogens (tertiary/aromatic N) is 1. The van der Waals surface area contributed by atoms with Crippen molar-refractivity contribution in [2.45, 2.75) is 20.8 Å². The number of ether oxygens (including phenoxy) is 2. The third-order valence-corrected chi connectivity index (χ3v) is 4.37. The number of amides is 2. The molecule has 154 valence electrons. The van der Waals surface area contributed by atoms with E-state index >= 15 is 0 Å². The van der Waals surface area contributed by atoms with E-state index < -0.39 is 0 Å². The van der Waals surface area contributed by atoms with E-state index in [0.29, 0.717) is 35.8 Å². The average molecular weight is 396 g/mol. The number of allylic oxidation sites excluding steroid dienone is 1. The van der Waals surface area contributed by atoms with Crippen LogP contribution in [0, 0.1) is 0 Å². The molecule has 1 N–H and O–H groups in total. The predicted molar refractivity (Wildman–Crippen MR) is 116 cm³/mol. The lowest BCUT2D eigenvalue weighted by atomic mass is 10.1. The molecule has 0 heterocycles. The second-order valence-electron chi connectivity index (χ2n) is 6.30. The topological polar surface area (TPSA) is 67.9 Å². The Balaban J connectivity index is 1.95. The van der Waals surface area contributed by atoms with E-state index in [1.165, 1.54) is 0 Å². The van der Waals surface area contributed by atoms with Crippen molar-refractivity contribution < 1.29 is 19.1 Å². The van der Waals surface area contributed by atoms with Gasteiger partial charge in [-0.05, 0) is 62.7 Å². The summed E-state index contributed by atoms with van der Waals surface area (Å²) in [4.78, 5) is 26.3. The second kappa shape index (κ2) is 10.9. The van der Waals surface area contributed by atoms with Crippen LogP contribution in [0.2, 0.25) is 0 Å². The van der Waals surface area contributed by atoms with E-state index in [-0.39, 0.29) is 18.4 Å². The van der Waals surface area contributed by atoms with Gasteiger partial charge in [0, 0.05) is 24.3 Å². The van der Waals surface area contributed by atoms with Gasteiger partial charge in [-0.1, -0.05) is 18.2 Å². The molecule has 0 atom stereocenters. The van der Waals surface area contributed by atoms with Crippen LogP contribution < -0.4 is 14.8 Å². The Kier molecular flexibility index (Phi) is 8.27. The highest BCUT2D eigenvalue weighted by molar-refractivity contribution is 5.96. The summed E-state index contributed by atoms with van der Waals surface area (Å²) in [7, 11) is 1.56. The molecule has 0 spiro atoms. The fourth-order valence-corrected chi connectivity index (χ4v) is 2.83. The van der Waals surface area contributed by atoms with E-state index in [4.69, 9.17) is 9.47 Å². The van der Waals surface area contributed by atoms with Gasteiger partial charge in [0.1, 0.15) is 0 Å². The minimum absolute atomic E-state index is 0.0235. The van der Waals surface area contributed by atoms with Gasteiger partial charge in [0.25, 0.3) is 11.8 Å². The van der Waals surface area contributed by atoms with Crippen LogP contribution >= 0.6 is 0 Å². The number of rotatable bonds is 9. The first-order valence-electron chi connectivity index (χ1n) is 9.65. The standard InChI is InChI=1S/C23H28N2O4/c1-5-8-17-9-14-20(21(15-17)28-4)29-16-22(26)24-19-12-10-18(11-13-19)23(27)25(6-2)7-3/h5,8-15H,6-7,16H2,1-4H3,(H,24,26)/b8-5+. The molecule has 0 fully saturated rings. The fourth-order valence-electron chi connectivity index (χ4n) is 2.83. The molecule has 2 rings (SSSR count). The smallest absolute Gasteiger partial charge is 0.262 e. The molecule has 29 heavy (non-hydrogen) atoms. The number of benzene rings is 2. The van der Waals surface area contributed by atoms with Gasteiger partial charge in [-0.15, -0.1) is 0 Å². The van der Waals surface area contributed by atoms with Crippen molar-refractivity contribution >= 4 is 23.6 Å². The summed E-state index contributed by atoms with van der Waals surface area (Å²) >= 11 is 0. The van der Waals surface area contributed by atoms with Crippen molar-refractivity contribution in [3.8, 4) is 11.5 Å². The molecular weight excluding hydrogens is 368 g/mol. The van der Waals surface area contributed by atoms with E-state index in [9.17, 15) is 9.59 Å². The summed E-state index contributed by atoms with van der Waals surface area (Å²) in [5.41, 5.74) is 2.18. The molecule has 2 amide bonds. The number of nitrogens with one attached hydrogen (secondary N) is 1. The molecule has 0 bridgehead atoms. The first kappa shape index (κ1) is 22.0. The van der Waals surface area contributed by atoms with Crippen molar-refractivity contribution in [1.82, 2.24) is 4.90 Å². The van der Waals surface area contributed by atoms with Crippen LogP contribution in [0.1, 0.15) is 36.7 Å². The van der Waals surface area contributed by atoms with Crippen LogP contribution in [0.25, 0.3) is 6.08 Å². The molecular formula is C23H28N2O4. The van der Waals surface area contributed by atoms with Crippen molar-refractivity contribution in [3.05, 3.63) is 59.7 Å². The van der Waals surface area contributed by atoms with E-state index in [1.54, 1.807) is 42.3 Å². The maximum atomic E-state index is 12.3. The quantitative estimate of drug-likeness (QED) is 0.689. The molecule has 6 nitrogen and oxygen atoms in total. The maximum absolute atomic E-state index is 12.3. The third kappa shape index (κ3) is 6.10. The summed E-state index contributed by atoms with van der Waals surface area (Å²) in [6.07, 6.45) is 3.89. The molecule has 0 aliphatic heterocycles. The number of hydrogen-bond donors (Lipinski definition) is 1. The molecule has 0 saturated heterocycles. The molecule has 0 saturated carbocycles. The Labute approximate surface area is 172 Å². The van der Waals surface area contributed by atoms with Crippen LogP contribution in [-0.2, 0) is 4.79 Å². The lowest BCUT2D eigenvalue weighted by Crippen LogP contribution is -2.30. The zero-order chi connectivity index (χ0) is 21.2. The Morgan fingerprint density at radius 2 is 1.72 bits per heavy atom. The van der Waals surface area contributed by atoms with Crippen LogP contribution in [-0.4, -0.2) is 43.5 Å². The van der Waals surface area contributed by atoms with Crippen molar-refractivity contribution in [2.75, 3.05) is 32.1 Å². The highest BCUT2D eigenvalue weighted by Gasteiger charge is 2.13. The molecule has 0 unspecified atom stereocenters. The highest BCUT2D eigenvalue weighted by Crippen LogP contribution is 2.28. The summed E-state index contributed by atoms with van der Waals surface area (Å²) in [5.74, 6) is 0.737. The van der Waals surface area contributed by atoms with Crippen molar-refractivity contribution in [1.29, 1.82) is 0 Å². The van der Waals surface area contributed by atoms with Gasteiger partial charge in [-0.3, -0.25) is 9.59 Å². The van der Waals surface area contributed by atoms with Gasteiger partial charge in [0.2, 0.25) is 0 Å². The SMILES string of the molecule is C/C=C/c1ccc(OCC(=O)Nc2ccc(C(=O)N(CC)CC)cc2)c(OC)c1. The number of hydrogen-bond acceptors (Lipinski definition) is 4. The van der Waals surface area contributed by atoms with E-state index in [2.05, 4.69) is 5.32 Å². The molecule has 6 heteroatoms. The van der Waals surface area contributed by atoms with Crippen LogP contribution in [0.5, 0.6) is 11.5 Å². The molecule has 2 aromatic carbocycles. The minimum atomic E-state index is -0.299. The average Bonchev–Trinajstić information content (AvgIpc) is 2.74. The largest absolute Gasteiger partial charge is 0.493 e. The van der Waals surface area contributed by atoms with Gasteiger partial charge in [0.05, 0.1) is 7.11 Å². The Morgan fingerprint density at radius 1 is 1.03 bits per heavy atom. The van der Waals surface area contributed by atoms with Crippen LogP contribution in [0.3, 0.4) is 0 Å². The Morgan fingerprint density at radius 3 is 2.31 bits per heavy atom. The highest BCUT2D eigenvalue weighted by atomic mass is 16.5. The Hall–Kier alpha value is -3.28. The number of anilines is 1. The molecule has 2 aromatic rings. The second-order valence-corrected chi connectivity index (χ2v) is 6.30. The first-order chi connectivity index (χ1) is 14.0. The third-order valence-electron chi connectivity index (χ3n) is 4.37. The normalized spacial score (nSPS) is 10.6. The molecule has 0 radical (unpaired) electrons. The van der Waals surface area contributed by atoms with Gasteiger partial charge < -0.3 is 19.7 Å². The minimum Gasteiger partial charge on any atom is -0.493 e. The molecule has 0 aromatic heterocycles. The number of methoxy groups -OCH3 is 1.